The number of amides is 2. The normalized spacial score (nSPS) is 16.4. The molecule has 6 rings (SSSR count). The Kier molecular flexibility index (Phi) is 5.63. The molecule has 1 aliphatic carbocycles. The highest BCUT2D eigenvalue weighted by molar-refractivity contribution is 6.00. The van der Waals surface area contributed by atoms with E-state index in [4.69, 9.17) is 0 Å². The quantitative estimate of drug-likeness (QED) is 0.397. The van der Waals surface area contributed by atoms with Gasteiger partial charge in [-0.15, -0.1) is 0 Å². The van der Waals surface area contributed by atoms with Gasteiger partial charge in [0.2, 0.25) is 11.8 Å². The van der Waals surface area contributed by atoms with Crippen LogP contribution in [0.15, 0.2) is 71.5 Å². The molecule has 1 unspecified atom stereocenters. The first-order valence-electron chi connectivity index (χ1n) is 12.7. The van der Waals surface area contributed by atoms with E-state index >= 15 is 0 Å². The number of hydrogen-bond acceptors (Lipinski definition) is 4. The maximum atomic E-state index is 13.6. The van der Waals surface area contributed by atoms with Gasteiger partial charge in [0, 0.05) is 24.7 Å². The van der Waals surface area contributed by atoms with Crippen LogP contribution in [-0.4, -0.2) is 39.3 Å². The molecule has 0 bridgehead atoms. The van der Waals surface area contributed by atoms with Gasteiger partial charge in [0.1, 0.15) is 5.82 Å². The highest BCUT2D eigenvalue weighted by Crippen LogP contribution is 2.39. The zero-order valence-electron chi connectivity index (χ0n) is 20.9. The average molecular weight is 493 g/mol. The molecule has 1 atom stereocenters. The summed E-state index contributed by atoms with van der Waals surface area (Å²) in [7, 11) is 0. The van der Waals surface area contributed by atoms with Gasteiger partial charge in [-0.05, 0) is 66.8 Å². The van der Waals surface area contributed by atoms with Crippen molar-refractivity contribution >= 4 is 28.4 Å². The lowest BCUT2D eigenvalue weighted by atomic mass is 10.0. The monoisotopic (exact) mass is 492 g/mol. The number of H-pyrrole nitrogens is 1. The van der Waals surface area contributed by atoms with Crippen LogP contribution < -0.4 is 10.5 Å². The molecule has 1 N–H and O–H groups in total. The number of nitrogens with zero attached hydrogens (tertiary/aromatic N) is 3. The Labute approximate surface area is 214 Å². The summed E-state index contributed by atoms with van der Waals surface area (Å²) in [5, 5.41) is 0.517. The van der Waals surface area contributed by atoms with Gasteiger partial charge in [-0.2, -0.15) is 0 Å². The third-order valence-corrected chi connectivity index (χ3v) is 7.45. The first kappa shape index (κ1) is 23.2. The van der Waals surface area contributed by atoms with E-state index in [-0.39, 0.29) is 36.4 Å². The zero-order chi connectivity index (χ0) is 25.7. The maximum Gasteiger partial charge on any atom is 0.258 e. The van der Waals surface area contributed by atoms with E-state index in [1.807, 2.05) is 32.0 Å². The second-order valence-electron chi connectivity index (χ2n) is 10.2. The van der Waals surface area contributed by atoms with Crippen LogP contribution in [0.2, 0.25) is 0 Å². The van der Waals surface area contributed by atoms with Crippen LogP contribution >= 0.6 is 0 Å². The minimum Gasteiger partial charge on any atom is -0.332 e. The van der Waals surface area contributed by atoms with E-state index < -0.39 is 5.92 Å². The van der Waals surface area contributed by atoms with Crippen molar-refractivity contribution in [1.82, 2.24) is 14.9 Å². The van der Waals surface area contributed by atoms with Crippen LogP contribution in [0.1, 0.15) is 37.2 Å². The van der Waals surface area contributed by atoms with Crippen LogP contribution in [0.5, 0.6) is 0 Å². The van der Waals surface area contributed by atoms with Gasteiger partial charge in [-0.1, -0.05) is 42.5 Å². The molecule has 7 heteroatoms. The Morgan fingerprint density at radius 2 is 1.78 bits per heavy atom. The predicted molar refractivity (Wildman–Crippen MR) is 143 cm³/mol. The van der Waals surface area contributed by atoms with Crippen molar-refractivity contribution in [2.75, 3.05) is 11.4 Å². The molecule has 3 aromatic carbocycles. The summed E-state index contributed by atoms with van der Waals surface area (Å²) < 4.78 is 0. The van der Waals surface area contributed by atoms with Crippen LogP contribution in [0, 0.1) is 5.92 Å². The molecular weight excluding hydrogens is 464 g/mol. The third kappa shape index (κ3) is 4.10. The molecule has 37 heavy (non-hydrogen) atoms. The summed E-state index contributed by atoms with van der Waals surface area (Å²) in [4.78, 5) is 50.0. The number of rotatable bonds is 5. The number of nitrogens with one attached hydrogen (secondary N) is 1. The number of benzene rings is 3. The van der Waals surface area contributed by atoms with Crippen molar-refractivity contribution in [2.45, 2.75) is 39.3 Å². The lowest BCUT2D eigenvalue weighted by Gasteiger charge is -2.29. The topological polar surface area (TPSA) is 86.4 Å². The number of anilines is 1. The highest BCUT2D eigenvalue weighted by atomic mass is 16.2. The molecule has 0 saturated carbocycles. The number of hydrogen-bond donors (Lipinski definition) is 1. The first-order chi connectivity index (χ1) is 17.9. The summed E-state index contributed by atoms with van der Waals surface area (Å²) in [5.74, 6) is -0.164. The lowest BCUT2D eigenvalue weighted by molar-refractivity contribution is -0.138. The Hall–Kier alpha value is -4.26. The van der Waals surface area contributed by atoms with E-state index in [1.54, 1.807) is 28.0 Å². The molecular formula is C30H28N4O3. The fourth-order valence-electron chi connectivity index (χ4n) is 5.54. The predicted octanol–water partition coefficient (Wildman–Crippen LogP) is 4.28. The van der Waals surface area contributed by atoms with Gasteiger partial charge < -0.3 is 14.8 Å². The Morgan fingerprint density at radius 3 is 2.62 bits per heavy atom. The number of carbonyl (C=O) groups is 2. The maximum absolute atomic E-state index is 13.6. The minimum atomic E-state index is -0.451. The first-order valence-corrected chi connectivity index (χ1v) is 12.7. The summed E-state index contributed by atoms with van der Waals surface area (Å²) in [6.07, 6.45) is 1.02. The molecule has 2 aliphatic rings. The molecule has 1 aromatic heterocycles. The molecule has 2 amide bonds. The number of fused-ring (bicyclic) bond motifs is 4. The standard InChI is InChI=1S/C30H28N4O3/c1-18(2)33(17-27-31-26-10-6-5-9-25(26)29(36)32-27)30(37)21-15-28(35)34(16-21)22-11-12-24-20(14-22)13-19-7-3-4-8-23(19)24/h3-12,14,18,21H,13,15-17H2,1-2H3,(H,31,32,36). The van der Waals surface area contributed by atoms with Crippen molar-refractivity contribution in [1.29, 1.82) is 0 Å². The second-order valence-corrected chi connectivity index (χ2v) is 10.2. The molecule has 0 spiro atoms. The minimum absolute atomic E-state index is 0.0465. The van der Waals surface area contributed by atoms with Crippen LogP contribution in [0.4, 0.5) is 5.69 Å². The van der Waals surface area contributed by atoms with E-state index in [0.29, 0.717) is 23.3 Å². The molecule has 1 fully saturated rings. The van der Waals surface area contributed by atoms with Gasteiger partial charge in [0.15, 0.2) is 0 Å². The van der Waals surface area contributed by atoms with Crippen LogP contribution in [0.25, 0.3) is 22.0 Å². The van der Waals surface area contributed by atoms with Crippen molar-refractivity contribution in [3.05, 3.63) is 94.0 Å². The van der Waals surface area contributed by atoms with Crippen molar-refractivity contribution in [2.24, 2.45) is 5.92 Å². The highest BCUT2D eigenvalue weighted by Gasteiger charge is 2.38. The second kappa shape index (κ2) is 9.00. The molecule has 186 valence electrons. The van der Waals surface area contributed by atoms with Gasteiger partial charge >= 0.3 is 0 Å². The lowest BCUT2D eigenvalue weighted by Crippen LogP contribution is -2.42. The summed E-state index contributed by atoms with van der Waals surface area (Å²) in [6, 6.07) is 21.6. The van der Waals surface area contributed by atoms with E-state index in [2.05, 4.69) is 40.3 Å². The Balaban J connectivity index is 1.22. The van der Waals surface area contributed by atoms with E-state index in [1.165, 1.54) is 22.3 Å². The summed E-state index contributed by atoms with van der Waals surface area (Å²) in [6.45, 7) is 4.39. The zero-order valence-corrected chi connectivity index (χ0v) is 20.9. The number of aromatic nitrogens is 2. The van der Waals surface area contributed by atoms with Crippen molar-refractivity contribution in [3.8, 4) is 11.1 Å². The van der Waals surface area contributed by atoms with E-state index in [9.17, 15) is 14.4 Å². The van der Waals surface area contributed by atoms with E-state index in [0.717, 1.165) is 12.1 Å². The molecule has 1 aliphatic heterocycles. The van der Waals surface area contributed by atoms with Crippen LogP contribution in [-0.2, 0) is 22.6 Å². The summed E-state index contributed by atoms with van der Waals surface area (Å²) in [5.41, 5.74) is 6.17. The van der Waals surface area contributed by atoms with Gasteiger partial charge in [0.05, 0.1) is 23.4 Å². The van der Waals surface area contributed by atoms with Gasteiger partial charge in [-0.25, -0.2) is 4.98 Å². The fraction of sp³-hybridized carbons (Fsp3) is 0.267. The fourth-order valence-corrected chi connectivity index (χ4v) is 5.54. The molecule has 0 radical (unpaired) electrons. The Bertz CT molecular complexity index is 1610. The number of carbonyl (C=O) groups excluding carboxylic acids is 2. The van der Waals surface area contributed by atoms with Crippen molar-refractivity contribution in [3.63, 3.8) is 0 Å². The van der Waals surface area contributed by atoms with Crippen molar-refractivity contribution < 1.29 is 9.59 Å². The third-order valence-electron chi connectivity index (χ3n) is 7.45. The largest absolute Gasteiger partial charge is 0.332 e. The van der Waals surface area contributed by atoms with Gasteiger partial charge in [-0.3, -0.25) is 14.4 Å². The smallest absolute Gasteiger partial charge is 0.258 e. The SMILES string of the molecule is CC(C)N(Cc1nc2ccccc2c(=O)[nH]1)C(=O)C1CC(=O)N(c2ccc3c(c2)Cc2ccccc2-3)C1. The molecule has 4 aromatic rings. The summed E-state index contributed by atoms with van der Waals surface area (Å²) >= 11 is 0. The molecule has 7 nitrogen and oxygen atoms in total. The number of aromatic amines is 1. The Morgan fingerprint density at radius 1 is 1.03 bits per heavy atom. The molecule has 1 saturated heterocycles. The number of para-hydroxylation sites is 1. The van der Waals surface area contributed by atoms with Crippen LogP contribution in [0.3, 0.4) is 0 Å². The average Bonchev–Trinajstić information content (AvgIpc) is 3.46. The van der Waals surface area contributed by atoms with Gasteiger partial charge in [0.25, 0.3) is 5.56 Å². The molecule has 2 heterocycles.